The van der Waals surface area contributed by atoms with Crippen LogP contribution in [0.15, 0.2) is 36.5 Å². The lowest BCUT2D eigenvalue weighted by atomic mass is 9.85. The molecule has 1 aromatic carbocycles. The molecule has 2 heterocycles. The molecule has 3 heteroatoms. The minimum Gasteiger partial charge on any atom is -0.335 e. The van der Waals surface area contributed by atoms with Crippen LogP contribution in [0.3, 0.4) is 0 Å². The zero-order valence-electron chi connectivity index (χ0n) is 15.9. The number of aryl methyl sites for hydroxylation is 2. The SMILES string of the molecule is C[n+]1cccc2c1c1cc(Cl)ccc1n2CCCCCC1CCCCC1. The van der Waals surface area contributed by atoms with E-state index in [4.69, 9.17) is 11.6 Å². The van der Waals surface area contributed by atoms with E-state index in [9.17, 15) is 0 Å². The van der Waals surface area contributed by atoms with Crippen LogP contribution in [0.5, 0.6) is 0 Å². The number of unbranched alkanes of at least 4 members (excludes halogenated alkanes) is 2. The van der Waals surface area contributed by atoms with Gasteiger partial charge in [-0.15, -0.1) is 0 Å². The van der Waals surface area contributed by atoms with Gasteiger partial charge in [0.1, 0.15) is 12.6 Å². The highest BCUT2D eigenvalue weighted by Gasteiger charge is 2.18. The van der Waals surface area contributed by atoms with E-state index in [1.54, 1.807) is 0 Å². The highest BCUT2D eigenvalue weighted by molar-refractivity contribution is 6.31. The quantitative estimate of drug-likeness (QED) is 0.350. The lowest BCUT2D eigenvalue weighted by Gasteiger charge is -2.21. The molecular formula is C23H30ClN2+. The molecule has 4 rings (SSSR count). The molecule has 0 N–H and O–H groups in total. The first-order chi connectivity index (χ1) is 12.7. The molecule has 0 atom stereocenters. The van der Waals surface area contributed by atoms with Crippen LogP contribution < -0.4 is 4.57 Å². The van der Waals surface area contributed by atoms with E-state index in [0.29, 0.717) is 0 Å². The number of hydrogen-bond donors (Lipinski definition) is 0. The molecule has 1 fully saturated rings. The Kier molecular flexibility index (Phi) is 5.49. The number of aromatic nitrogens is 2. The van der Waals surface area contributed by atoms with Gasteiger partial charge >= 0.3 is 0 Å². The molecule has 1 aliphatic rings. The standard InChI is InChI=1S/C23H30ClN2/c1-25-15-8-12-22-23(25)20-17-19(24)13-14-21(20)26(22)16-7-3-6-11-18-9-4-2-5-10-18/h8,12-15,17-18H,2-7,9-11,16H2,1H3/q+1. The Hall–Kier alpha value is -1.54. The van der Waals surface area contributed by atoms with Gasteiger partial charge in [-0.1, -0.05) is 63.0 Å². The van der Waals surface area contributed by atoms with Crippen LogP contribution >= 0.6 is 11.6 Å². The molecule has 0 radical (unpaired) electrons. The van der Waals surface area contributed by atoms with E-state index in [-0.39, 0.29) is 0 Å². The summed E-state index contributed by atoms with van der Waals surface area (Å²) in [6.07, 6.45) is 14.9. The summed E-state index contributed by atoms with van der Waals surface area (Å²) < 4.78 is 4.70. The van der Waals surface area contributed by atoms with E-state index in [0.717, 1.165) is 17.5 Å². The highest BCUT2D eigenvalue weighted by Crippen LogP contribution is 2.30. The number of rotatable bonds is 6. The largest absolute Gasteiger partial charge is 0.335 e. The maximum Gasteiger partial charge on any atom is 0.238 e. The van der Waals surface area contributed by atoms with Gasteiger partial charge in [0.2, 0.25) is 5.52 Å². The summed E-state index contributed by atoms with van der Waals surface area (Å²) in [4.78, 5) is 0. The summed E-state index contributed by atoms with van der Waals surface area (Å²) in [5.41, 5.74) is 3.91. The lowest BCUT2D eigenvalue weighted by Crippen LogP contribution is -2.27. The highest BCUT2D eigenvalue weighted by atomic mass is 35.5. The van der Waals surface area contributed by atoms with Crippen molar-refractivity contribution in [3.8, 4) is 0 Å². The van der Waals surface area contributed by atoms with Crippen LogP contribution in [0.2, 0.25) is 5.02 Å². The summed E-state index contributed by atoms with van der Waals surface area (Å²) >= 11 is 6.28. The van der Waals surface area contributed by atoms with Crippen molar-refractivity contribution in [3.63, 3.8) is 0 Å². The molecule has 0 amide bonds. The summed E-state index contributed by atoms with van der Waals surface area (Å²) in [5.74, 6) is 1.01. The number of fused-ring (bicyclic) bond motifs is 3. The molecule has 0 unspecified atom stereocenters. The van der Waals surface area contributed by atoms with Crippen molar-refractivity contribution < 1.29 is 4.57 Å². The van der Waals surface area contributed by atoms with Crippen molar-refractivity contribution >= 4 is 33.5 Å². The summed E-state index contributed by atoms with van der Waals surface area (Å²) in [5, 5.41) is 2.07. The van der Waals surface area contributed by atoms with E-state index in [1.807, 2.05) is 6.07 Å². The number of halogens is 1. The van der Waals surface area contributed by atoms with Crippen molar-refractivity contribution in [1.82, 2.24) is 4.57 Å². The molecule has 0 spiro atoms. The molecule has 26 heavy (non-hydrogen) atoms. The van der Waals surface area contributed by atoms with Crippen molar-refractivity contribution in [2.45, 2.75) is 64.3 Å². The van der Waals surface area contributed by atoms with Crippen molar-refractivity contribution in [3.05, 3.63) is 41.6 Å². The normalized spacial score (nSPS) is 15.9. The third-order valence-corrected chi connectivity index (χ3v) is 6.41. The predicted octanol–water partition coefficient (Wildman–Crippen LogP) is 6.41. The fourth-order valence-corrected chi connectivity index (χ4v) is 4.97. The molecule has 0 aliphatic heterocycles. The number of pyridine rings is 1. The Balaban J connectivity index is 1.48. The van der Waals surface area contributed by atoms with Crippen LogP contribution in [0.4, 0.5) is 0 Å². The fourth-order valence-electron chi connectivity index (χ4n) is 4.80. The van der Waals surface area contributed by atoms with E-state index < -0.39 is 0 Å². The lowest BCUT2D eigenvalue weighted by molar-refractivity contribution is -0.644. The zero-order chi connectivity index (χ0) is 17.9. The van der Waals surface area contributed by atoms with Gasteiger partial charge in [0, 0.05) is 17.6 Å². The maximum atomic E-state index is 6.28. The van der Waals surface area contributed by atoms with E-state index in [2.05, 4.69) is 46.6 Å². The topological polar surface area (TPSA) is 8.81 Å². The molecule has 1 aliphatic carbocycles. The van der Waals surface area contributed by atoms with Crippen LogP contribution in [0, 0.1) is 5.92 Å². The second-order valence-corrected chi connectivity index (χ2v) is 8.46. The van der Waals surface area contributed by atoms with Gasteiger partial charge < -0.3 is 4.57 Å². The third kappa shape index (κ3) is 3.62. The fraction of sp³-hybridized carbons (Fsp3) is 0.522. The first-order valence-electron chi connectivity index (χ1n) is 10.3. The minimum absolute atomic E-state index is 0.813. The van der Waals surface area contributed by atoms with Crippen LogP contribution in [-0.4, -0.2) is 4.57 Å². The van der Waals surface area contributed by atoms with Crippen molar-refractivity contribution in [2.75, 3.05) is 0 Å². The Labute approximate surface area is 161 Å². The van der Waals surface area contributed by atoms with E-state index >= 15 is 0 Å². The number of hydrogen-bond acceptors (Lipinski definition) is 0. The van der Waals surface area contributed by atoms with Gasteiger partial charge in [0.25, 0.3) is 0 Å². The van der Waals surface area contributed by atoms with Gasteiger partial charge in [0.05, 0.1) is 10.9 Å². The average molecular weight is 370 g/mol. The first-order valence-corrected chi connectivity index (χ1v) is 10.7. The Morgan fingerprint density at radius 2 is 1.88 bits per heavy atom. The van der Waals surface area contributed by atoms with Gasteiger partial charge in [-0.2, -0.15) is 4.57 Å². The van der Waals surface area contributed by atoms with Gasteiger partial charge in [-0.3, -0.25) is 0 Å². The Morgan fingerprint density at radius 1 is 1.04 bits per heavy atom. The van der Waals surface area contributed by atoms with Crippen LogP contribution in [0.1, 0.15) is 57.8 Å². The van der Waals surface area contributed by atoms with Crippen LogP contribution in [0.25, 0.3) is 21.9 Å². The van der Waals surface area contributed by atoms with Crippen molar-refractivity contribution in [2.24, 2.45) is 13.0 Å². The van der Waals surface area contributed by atoms with Gasteiger partial charge in [-0.25, -0.2) is 0 Å². The predicted molar refractivity (Wildman–Crippen MR) is 111 cm³/mol. The maximum absolute atomic E-state index is 6.28. The van der Waals surface area contributed by atoms with Gasteiger partial charge in [-0.05, 0) is 36.6 Å². The van der Waals surface area contributed by atoms with Crippen LogP contribution in [-0.2, 0) is 13.6 Å². The smallest absolute Gasteiger partial charge is 0.238 e. The van der Waals surface area contributed by atoms with E-state index in [1.165, 1.54) is 79.7 Å². The molecule has 0 bridgehead atoms. The molecule has 2 aromatic heterocycles. The molecular weight excluding hydrogens is 340 g/mol. The van der Waals surface area contributed by atoms with Gasteiger partial charge in [0.15, 0.2) is 6.20 Å². The van der Waals surface area contributed by atoms with Crippen molar-refractivity contribution in [1.29, 1.82) is 0 Å². The Morgan fingerprint density at radius 3 is 2.73 bits per heavy atom. The Bertz CT molecular complexity index is 890. The number of nitrogens with zero attached hydrogens (tertiary/aromatic N) is 2. The second-order valence-electron chi connectivity index (χ2n) is 8.02. The number of benzene rings is 1. The first kappa shape index (κ1) is 17.9. The summed E-state index contributed by atoms with van der Waals surface area (Å²) in [6, 6.07) is 10.7. The molecule has 3 aromatic rings. The second kappa shape index (κ2) is 8.00. The third-order valence-electron chi connectivity index (χ3n) is 6.17. The molecule has 1 saturated carbocycles. The molecule has 2 nitrogen and oxygen atoms in total. The summed E-state index contributed by atoms with van der Waals surface area (Å²) in [6.45, 7) is 1.09. The average Bonchev–Trinajstić information content (AvgIpc) is 2.96. The summed E-state index contributed by atoms with van der Waals surface area (Å²) in [7, 11) is 2.12. The molecule has 138 valence electrons. The minimum atomic E-state index is 0.813. The zero-order valence-corrected chi connectivity index (χ0v) is 16.6. The monoisotopic (exact) mass is 369 g/mol. The molecule has 0 saturated heterocycles.